The monoisotopic (exact) mass is 551 g/mol. The topological polar surface area (TPSA) is 96.0 Å². The van der Waals surface area contributed by atoms with Crippen LogP contribution in [0.1, 0.15) is 37.8 Å². The SMILES string of the molecule is CCCCNC(=O)[C@@H](C)N(Cc1ccccc1C)C(=O)CN(c1ccc(Oc2ccccc2)cc1)S(C)(=O)=O. The highest BCUT2D eigenvalue weighted by Gasteiger charge is 2.30. The van der Waals surface area contributed by atoms with Crippen LogP contribution in [0.2, 0.25) is 0 Å². The van der Waals surface area contributed by atoms with E-state index >= 15 is 0 Å². The van der Waals surface area contributed by atoms with Gasteiger partial charge in [-0.15, -0.1) is 0 Å². The van der Waals surface area contributed by atoms with E-state index in [0.717, 1.165) is 34.5 Å². The molecule has 0 spiro atoms. The summed E-state index contributed by atoms with van der Waals surface area (Å²) in [7, 11) is -3.82. The normalized spacial score (nSPS) is 11.9. The summed E-state index contributed by atoms with van der Waals surface area (Å²) < 4.78 is 32.5. The molecule has 0 heterocycles. The van der Waals surface area contributed by atoms with Crippen LogP contribution in [0.25, 0.3) is 0 Å². The zero-order valence-electron chi connectivity index (χ0n) is 23.0. The first kappa shape index (κ1) is 29.7. The number of nitrogens with one attached hydrogen (secondary N) is 1. The standard InChI is InChI=1S/C30H37N3O5S/c1-5-6-20-31-30(35)24(3)32(21-25-13-11-10-12-23(25)2)29(34)22-33(39(4,36)37)26-16-18-28(19-17-26)38-27-14-8-7-9-15-27/h7-19,24H,5-6,20-22H2,1-4H3,(H,31,35)/t24-/m1/s1. The number of rotatable bonds is 13. The van der Waals surface area contributed by atoms with Gasteiger partial charge in [0.25, 0.3) is 0 Å². The zero-order chi connectivity index (χ0) is 28.4. The molecule has 0 unspecified atom stereocenters. The van der Waals surface area contributed by atoms with Crippen molar-refractivity contribution < 1.29 is 22.7 Å². The van der Waals surface area contributed by atoms with E-state index < -0.39 is 28.5 Å². The fourth-order valence-corrected chi connectivity index (χ4v) is 4.86. The van der Waals surface area contributed by atoms with Gasteiger partial charge in [-0.2, -0.15) is 0 Å². The van der Waals surface area contributed by atoms with Gasteiger partial charge < -0.3 is 15.0 Å². The van der Waals surface area contributed by atoms with Gasteiger partial charge in [-0.05, 0) is 67.8 Å². The van der Waals surface area contributed by atoms with Gasteiger partial charge >= 0.3 is 0 Å². The summed E-state index contributed by atoms with van der Waals surface area (Å²) in [6.45, 7) is 5.87. The van der Waals surface area contributed by atoms with Crippen LogP contribution in [0.3, 0.4) is 0 Å². The van der Waals surface area contributed by atoms with E-state index in [1.54, 1.807) is 31.2 Å². The molecule has 0 saturated heterocycles. The largest absolute Gasteiger partial charge is 0.457 e. The van der Waals surface area contributed by atoms with Crippen molar-refractivity contribution in [2.45, 2.75) is 46.2 Å². The molecule has 39 heavy (non-hydrogen) atoms. The van der Waals surface area contributed by atoms with Crippen molar-refractivity contribution in [1.82, 2.24) is 10.2 Å². The number of anilines is 1. The molecule has 8 nitrogen and oxygen atoms in total. The summed E-state index contributed by atoms with van der Waals surface area (Å²) in [6, 6.07) is 22.5. The lowest BCUT2D eigenvalue weighted by molar-refractivity contribution is -0.139. The van der Waals surface area contributed by atoms with Gasteiger partial charge in [-0.1, -0.05) is 55.8 Å². The summed E-state index contributed by atoms with van der Waals surface area (Å²) in [5.41, 5.74) is 2.18. The molecule has 0 fully saturated rings. The highest BCUT2D eigenvalue weighted by Crippen LogP contribution is 2.26. The lowest BCUT2D eigenvalue weighted by atomic mass is 10.1. The van der Waals surface area contributed by atoms with Gasteiger partial charge in [0.15, 0.2) is 0 Å². The molecule has 0 aromatic heterocycles. The Balaban J connectivity index is 1.85. The van der Waals surface area contributed by atoms with Crippen molar-refractivity contribution >= 4 is 27.5 Å². The highest BCUT2D eigenvalue weighted by molar-refractivity contribution is 7.92. The molecule has 3 rings (SSSR count). The molecule has 0 aliphatic carbocycles. The van der Waals surface area contributed by atoms with Crippen molar-refractivity contribution in [2.75, 3.05) is 23.7 Å². The second kappa shape index (κ2) is 13.8. The van der Waals surface area contributed by atoms with Crippen LogP contribution < -0.4 is 14.4 Å². The molecule has 9 heteroatoms. The Labute approximate surface area is 231 Å². The molecule has 0 aliphatic heterocycles. The van der Waals surface area contributed by atoms with Crippen LogP contribution in [0.4, 0.5) is 5.69 Å². The Morgan fingerprint density at radius 3 is 2.15 bits per heavy atom. The molecule has 0 aliphatic rings. The summed E-state index contributed by atoms with van der Waals surface area (Å²) in [5.74, 6) is 0.423. The molecule has 2 amide bonds. The number of para-hydroxylation sites is 1. The van der Waals surface area contributed by atoms with E-state index in [1.807, 2.05) is 68.4 Å². The lowest BCUT2D eigenvalue weighted by Gasteiger charge is -2.32. The molecule has 208 valence electrons. The van der Waals surface area contributed by atoms with Crippen LogP contribution >= 0.6 is 0 Å². The number of carbonyl (C=O) groups excluding carboxylic acids is 2. The average Bonchev–Trinajstić information content (AvgIpc) is 2.91. The molecule has 3 aromatic rings. The summed E-state index contributed by atoms with van der Waals surface area (Å²) >= 11 is 0. The molecule has 0 saturated carbocycles. The second-order valence-electron chi connectivity index (χ2n) is 9.45. The van der Waals surface area contributed by atoms with Gasteiger partial charge in [0.05, 0.1) is 11.9 Å². The summed E-state index contributed by atoms with van der Waals surface area (Å²) in [6.07, 6.45) is 2.82. The van der Waals surface area contributed by atoms with Crippen molar-refractivity contribution in [3.8, 4) is 11.5 Å². The molecule has 3 aromatic carbocycles. The Morgan fingerprint density at radius 1 is 0.923 bits per heavy atom. The summed E-state index contributed by atoms with van der Waals surface area (Å²) in [5, 5.41) is 2.88. The maximum atomic E-state index is 13.7. The van der Waals surface area contributed by atoms with Gasteiger partial charge in [-0.3, -0.25) is 13.9 Å². The number of hydrogen-bond acceptors (Lipinski definition) is 5. The lowest BCUT2D eigenvalue weighted by Crippen LogP contribution is -2.51. The number of ether oxygens (including phenoxy) is 1. The van der Waals surface area contributed by atoms with Gasteiger partial charge in [0.1, 0.15) is 24.1 Å². The quantitative estimate of drug-likeness (QED) is 0.305. The van der Waals surface area contributed by atoms with Crippen molar-refractivity contribution in [1.29, 1.82) is 0 Å². The van der Waals surface area contributed by atoms with E-state index in [9.17, 15) is 18.0 Å². The molecular formula is C30H37N3O5S. The molecular weight excluding hydrogens is 514 g/mol. The van der Waals surface area contributed by atoms with Crippen LogP contribution in [-0.2, 0) is 26.2 Å². The van der Waals surface area contributed by atoms with E-state index in [-0.39, 0.29) is 12.5 Å². The first-order valence-electron chi connectivity index (χ1n) is 13.0. The van der Waals surface area contributed by atoms with Gasteiger partial charge in [0, 0.05) is 13.1 Å². The first-order valence-corrected chi connectivity index (χ1v) is 14.9. The number of aryl methyl sites for hydroxylation is 1. The number of amides is 2. The predicted molar refractivity (Wildman–Crippen MR) is 154 cm³/mol. The number of nitrogens with zero attached hydrogens (tertiary/aromatic N) is 2. The van der Waals surface area contributed by atoms with E-state index in [1.165, 1.54) is 4.90 Å². The first-order chi connectivity index (χ1) is 18.6. The van der Waals surface area contributed by atoms with Crippen LogP contribution in [0.5, 0.6) is 11.5 Å². The fraction of sp³-hybridized carbons (Fsp3) is 0.333. The maximum Gasteiger partial charge on any atom is 0.244 e. The number of carbonyl (C=O) groups is 2. The third-order valence-electron chi connectivity index (χ3n) is 6.38. The van der Waals surface area contributed by atoms with Crippen molar-refractivity contribution in [3.05, 3.63) is 90.0 Å². The predicted octanol–water partition coefficient (Wildman–Crippen LogP) is 4.89. The Bertz CT molecular complexity index is 1340. The van der Waals surface area contributed by atoms with Crippen molar-refractivity contribution in [2.24, 2.45) is 0 Å². The minimum absolute atomic E-state index is 0.176. The number of hydrogen-bond donors (Lipinski definition) is 1. The maximum absolute atomic E-state index is 13.7. The van der Waals surface area contributed by atoms with Crippen LogP contribution in [-0.4, -0.2) is 50.5 Å². The van der Waals surface area contributed by atoms with Crippen LogP contribution in [0.15, 0.2) is 78.9 Å². The number of unbranched alkanes of at least 4 members (excludes halogenated alkanes) is 1. The third kappa shape index (κ3) is 8.58. The number of benzene rings is 3. The van der Waals surface area contributed by atoms with Crippen LogP contribution in [0, 0.1) is 6.92 Å². The molecule has 1 atom stereocenters. The highest BCUT2D eigenvalue weighted by atomic mass is 32.2. The van der Waals surface area contributed by atoms with E-state index in [0.29, 0.717) is 23.7 Å². The molecule has 1 N–H and O–H groups in total. The Morgan fingerprint density at radius 2 is 1.54 bits per heavy atom. The fourth-order valence-electron chi connectivity index (χ4n) is 4.01. The Kier molecular flexibility index (Phi) is 10.5. The average molecular weight is 552 g/mol. The Hall–Kier alpha value is -3.85. The van der Waals surface area contributed by atoms with Gasteiger partial charge in [0.2, 0.25) is 21.8 Å². The number of sulfonamides is 1. The van der Waals surface area contributed by atoms with E-state index in [4.69, 9.17) is 4.74 Å². The smallest absolute Gasteiger partial charge is 0.244 e. The van der Waals surface area contributed by atoms with Gasteiger partial charge in [-0.25, -0.2) is 8.42 Å². The minimum atomic E-state index is -3.82. The summed E-state index contributed by atoms with van der Waals surface area (Å²) in [4.78, 5) is 28.1. The molecule has 0 bridgehead atoms. The molecule has 0 radical (unpaired) electrons. The zero-order valence-corrected chi connectivity index (χ0v) is 23.8. The second-order valence-corrected chi connectivity index (χ2v) is 11.4. The minimum Gasteiger partial charge on any atom is -0.457 e. The third-order valence-corrected chi connectivity index (χ3v) is 7.52. The van der Waals surface area contributed by atoms with E-state index in [2.05, 4.69) is 5.32 Å². The van der Waals surface area contributed by atoms with Crippen molar-refractivity contribution in [3.63, 3.8) is 0 Å².